The van der Waals surface area contributed by atoms with E-state index in [4.69, 9.17) is 9.84 Å². The molecule has 1 amide bonds. The van der Waals surface area contributed by atoms with Crippen LogP contribution in [0.5, 0.6) is 5.75 Å². The standard InChI is InChI=1S/C24H27N5O3S/c1-3-32-19-9-16-12-25-11-15(16)8-18(19)28-22-21-17-5-4-14(24(31)29(2)6-7-30)10-20(17)33-23(21)27-13-26-22/h8-9,11,13-14,30H,3-7,10,12H2,1-2H3,(H,26,27,28). The van der Waals surface area contributed by atoms with Gasteiger partial charge in [0.05, 0.1) is 30.8 Å². The molecule has 0 bridgehead atoms. The highest BCUT2D eigenvalue weighted by Gasteiger charge is 2.30. The fourth-order valence-electron chi connectivity index (χ4n) is 4.63. The molecule has 1 aliphatic carbocycles. The summed E-state index contributed by atoms with van der Waals surface area (Å²) in [7, 11) is 1.75. The Kier molecular flexibility index (Phi) is 5.99. The number of nitrogens with zero attached hydrogens (tertiary/aromatic N) is 4. The molecular formula is C24H27N5O3S. The van der Waals surface area contributed by atoms with Gasteiger partial charge >= 0.3 is 0 Å². The summed E-state index contributed by atoms with van der Waals surface area (Å²) in [5, 5.41) is 13.7. The molecule has 1 aliphatic heterocycles. The predicted molar refractivity (Wildman–Crippen MR) is 130 cm³/mol. The summed E-state index contributed by atoms with van der Waals surface area (Å²) in [6, 6.07) is 4.12. The molecule has 1 unspecified atom stereocenters. The van der Waals surface area contributed by atoms with E-state index in [-0.39, 0.29) is 18.4 Å². The maximum atomic E-state index is 12.8. The first-order valence-electron chi connectivity index (χ1n) is 11.3. The zero-order valence-electron chi connectivity index (χ0n) is 18.8. The van der Waals surface area contributed by atoms with E-state index in [2.05, 4.69) is 32.4 Å². The van der Waals surface area contributed by atoms with Crippen LogP contribution in [0.15, 0.2) is 23.5 Å². The molecule has 1 aromatic carbocycles. The molecule has 0 saturated heterocycles. The number of carbonyl (C=O) groups is 1. The Labute approximate surface area is 196 Å². The summed E-state index contributed by atoms with van der Waals surface area (Å²) in [5.41, 5.74) is 4.34. The maximum Gasteiger partial charge on any atom is 0.225 e. The Bertz CT molecular complexity index is 1240. The van der Waals surface area contributed by atoms with Crippen molar-refractivity contribution in [3.8, 4) is 5.75 Å². The van der Waals surface area contributed by atoms with Gasteiger partial charge in [-0.1, -0.05) is 0 Å². The van der Waals surface area contributed by atoms with E-state index >= 15 is 0 Å². The van der Waals surface area contributed by atoms with Gasteiger partial charge in [0.25, 0.3) is 0 Å². The molecule has 9 heteroatoms. The van der Waals surface area contributed by atoms with E-state index < -0.39 is 0 Å². The van der Waals surface area contributed by atoms with Gasteiger partial charge in [-0.2, -0.15) is 0 Å². The second kappa shape index (κ2) is 9.07. The number of hydrogen-bond donors (Lipinski definition) is 2. The summed E-state index contributed by atoms with van der Waals surface area (Å²) in [5.74, 6) is 1.58. The number of amides is 1. The minimum atomic E-state index is -0.0629. The largest absolute Gasteiger partial charge is 0.492 e. The molecule has 0 spiro atoms. The lowest BCUT2D eigenvalue weighted by Crippen LogP contribution is -2.37. The van der Waals surface area contributed by atoms with Crippen molar-refractivity contribution in [3.63, 3.8) is 0 Å². The number of rotatable bonds is 7. The van der Waals surface area contributed by atoms with Crippen LogP contribution in [0.1, 0.15) is 34.9 Å². The van der Waals surface area contributed by atoms with Gasteiger partial charge in [-0.3, -0.25) is 9.79 Å². The Morgan fingerprint density at radius 2 is 2.24 bits per heavy atom. The fourth-order valence-corrected chi connectivity index (χ4v) is 5.89. The number of fused-ring (bicyclic) bond motifs is 4. The lowest BCUT2D eigenvalue weighted by Gasteiger charge is -2.26. The van der Waals surface area contributed by atoms with E-state index in [0.717, 1.165) is 51.4 Å². The molecule has 2 N–H and O–H groups in total. The summed E-state index contributed by atoms with van der Waals surface area (Å²) >= 11 is 1.64. The van der Waals surface area contributed by atoms with E-state index in [0.29, 0.717) is 26.1 Å². The van der Waals surface area contributed by atoms with Crippen molar-refractivity contribution < 1.29 is 14.6 Å². The number of nitrogens with one attached hydrogen (secondary N) is 1. The summed E-state index contributed by atoms with van der Waals surface area (Å²) in [6.07, 6.45) is 5.75. The van der Waals surface area contributed by atoms with Crippen molar-refractivity contribution in [2.45, 2.75) is 32.7 Å². The zero-order chi connectivity index (χ0) is 22.9. The monoisotopic (exact) mass is 465 g/mol. The van der Waals surface area contributed by atoms with Crippen molar-refractivity contribution in [1.29, 1.82) is 0 Å². The van der Waals surface area contributed by atoms with Crippen LogP contribution in [0.4, 0.5) is 11.5 Å². The Morgan fingerprint density at radius 1 is 1.36 bits per heavy atom. The van der Waals surface area contributed by atoms with Gasteiger partial charge in [-0.05, 0) is 55.0 Å². The summed E-state index contributed by atoms with van der Waals surface area (Å²) < 4.78 is 5.90. The molecule has 5 rings (SSSR count). The number of anilines is 2. The van der Waals surface area contributed by atoms with Gasteiger partial charge in [-0.25, -0.2) is 9.97 Å². The number of hydrogen-bond acceptors (Lipinski definition) is 8. The highest BCUT2D eigenvalue weighted by Crippen LogP contribution is 2.42. The first kappa shape index (κ1) is 21.8. The molecule has 2 aromatic heterocycles. The molecule has 0 fully saturated rings. The number of thiophene rings is 1. The third kappa shape index (κ3) is 4.06. The highest BCUT2D eigenvalue weighted by molar-refractivity contribution is 7.19. The van der Waals surface area contributed by atoms with Gasteiger partial charge in [0.2, 0.25) is 5.91 Å². The normalized spacial score (nSPS) is 16.5. The molecule has 3 heterocycles. The zero-order valence-corrected chi connectivity index (χ0v) is 19.6. The summed E-state index contributed by atoms with van der Waals surface area (Å²) in [6.45, 7) is 3.56. The first-order valence-corrected chi connectivity index (χ1v) is 12.1. The quantitative estimate of drug-likeness (QED) is 0.555. The van der Waals surface area contributed by atoms with Crippen molar-refractivity contribution in [2.24, 2.45) is 10.9 Å². The van der Waals surface area contributed by atoms with Crippen molar-refractivity contribution in [2.75, 3.05) is 32.1 Å². The first-order chi connectivity index (χ1) is 16.1. The van der Waals surface area contributed by atoms with Crippen LogP contribution in [0.25, 0.3) is 10.2 Å². The number of aliphatic hydroxyl groups excluding tert-OH is 1. The molecule has 8 nitrogen and oxygen atoms in total. The van der Waals surface area contributed by atoms with E-state index in [9.17, 15) is 4.79 Å². The molecule has 1 atom stereocenters. The fraction of sp³-hybridized carbons (Fsp3) is 0.417. The average molecular weight is 466 g/mol. The third-order valence-electron chi connectivity index (χ3n) is 6.29. The number of aliphatic imine (C=N–C) groups is 1. The van der Waals surface area contributed by atoms with Crippen LogP contribution in [-0.2, 0) is 24.2 Å². The topological polar surface area (TPSA) is 99.9 Å². The molecule has 0 saturated carbocycles. The Hall–Kier alpha value is -3.04. The highest BCUT2D eigenvalue weighted by atomic mass is 32.1. The molecule has 0 radical (unpaired) electrons. The van der Waals surface area contributed by atoms with Gasteiger partial charge in [0.15, 0.2) is 0 Å². The van der Waals surface area contributed by atoms with Crippen LogP contribution in [-0.4, -0.2) is 58.9 Å². The number of benzene rings is 1. The minimum Gasteiger partial charge on any atom is -0.492 e. The van der Waals surface area contributed by atoms with Gasteiger partial charge < -0.3 is 20.1 Å². The Morgan fingerprint density at radius 3 is 3.06 bits per heavy atom. The van der Waals surface area contributed by atoms with Crippen LogP contribution in [0.2, 0.25) is 0 Å². The number of likely N-dealkylation sites (N-methyl/N-ethyl adjacent to an activating group) is 1. The number of carbonyl (C=O) groups excluding carboxylic acids is 1. The third-order valence-corrected chi connectivity index (χ3v) is 7.45. The second-order valence-electron chi connectivity index (χ2n) is 8.40. The summed E-state index contributed by atoms with van der Waals surface area (Å²) in [4.78, 5) is 30.0. The van der Waals surface area contributed by atoms with E-state index in [1.807, 2.05) is 13.1 Å². The minimum absolute atomic E-state index is 0.0218. The van der Waals surface area contributed by atoms with Crippen LogP contribution in [0.3, 0.4) is 0 Å². The molecule has 3 aromatic rings. The van der Waals surface area contributed by atoms with Crippen molar-refractivity contribution >= 4 is 45.2 Å². The molecule has 2 aliphatic rings. The lowest BCUT2D eigenvalue weighted by molar-refractivity contribution is -0.135. The van der Waals surface area contributed by atoms with Gasteiger partial charge in [0.1, 0.15) is 22.7 Å². The predicted octanol–water partition coefficient (Wildman–Crippen LogP) is 3.32. The lowest BCUT2D eigenvalue weighted by atomic mass is 9.87. The number of aryl methyl sites for hydroxylation is 1. The van der Waals surface area contributed by atoms with Crippen LogP contribution < -0.4 is 10.1 Å². The number of aromatic nitrogens is 2. The average Bonchev–Trinajstić information content (AvgIpc) is 3.42. The Balaban J connectivity index is 1.48. The second-order valence-corrected chi connectivity index (χ2v) is 9.49. The van der Waals surface area contributed by atoms with Gasteiger partial charge in [-0.15, -0.1) is 11.3 Å². The number of ether oxygens (including phenoxy) is 1. The van der Waals surface area contributed by atoms with E-state index in [1.54, 1.807) is 29.6 Å². The van der Waals surface area contributed by atoms with Crippen LogP contribution in [0, 0.1) is 5.92 Å². The van der Waals surface area contributed by atoms with Crippen molar-refractivity contribution in [1.82, 2.24) is 14.9 Å². The maximum absolute atomic E-state index is 12.8. The SMILES string of the molecule is CCOc1cc2c(cc1Nc1ncnc3sc4c(c13)CCC(C(=O)N(C)CCO)C4)C=NC2. The molecule has 172 valence electrons. The number of aliphatic hydroxyl groups is 1. The molecule has 33 heavy (non-hydrogen) atoms. The smallest absolute Gasteiger partial charge is 0.225 e. The van der Waals surface area contributed by atoms with Gasteiger partial charge in [0, 0.05) is 30.6 Å². The van der Waals surface area contributed by atoms with Crippen molar-refractivity contribution in [3.05, 3.63) is 40.0 Å². The molecular weight excluding hydrogens is 438 g/mol. The van der Waals surface area contributed by atoms with Crippen LogP contribution >= 0.6 is 11.3 Å². The van der Waals surface area contributed by atoms with E-state index in [1.165, 1.54) is 10.4 Å².